The first-order valence-electron chi connectivity index (χ1n) is 10.7. The Morgan fingerprint density at radius 1 is 1.12 bits per heavy atom. The molecule has 2 heterocycles. The Balaban J connectivity index is 1.38. The van der Waals surface area contributed by atoms with Gasteiger partial charge in [-0.2, -0.15) is 13.2 Å². The predicted molar refractivity (Wildman–Crippen MR) is 118 cm³/mol. The van der Waals surface area contributed by atoms with Crippen molar-refractivity contribution in [3.8, 4) is 0 Å². The molecule has 1 aliphatic rings. The number of aromatic nitrogens is 2. The van der Waals surface area contributed by atoms with E-state index in [2.05, 4.69) is 15.2 Å². The zero-order valence-electron chi connectivity index (χ0n) is 18.3. The Hall–Kier alpha value is -3.60. The topological polar surface area (TPSA) is 85.7 Å². The van der Waals surface area contributed by atoms with Crippen molar-refractivity contribution < 1.29 is 32.2 Å². The molecule has 8 nitrogen and oxygen atoms in total. The first-order valence-corrected chi connectivity index (χ1v) is 10.7. The van der Waals surface area contributed by atoms with Crippen LogP contribution in [0.2, 0.25) is 0 Å². The van der Waals surface area contributed by atoms with Gasteiger partial charge >= 0.3 is 12.1 Å². The van der Waals surface area contributed by atoms with Crippen molar-refractivity contribution in [3.05, 3.63) is 54.4 Å². The molecule has 4 rings (SSSR count). The number of halogens is 3. The Morgan fingerprint density at radius 3 is 2.47 bits per heavy atom. The Morgan fingerprint density at radius 2 is 1.79 bits per heavy atom. The third-order valence-electron chi connectivity index (χ3n) is 5.38. The minimum atomic E-state index is -4.75. The number of ether oxygens (including phenoxy) is 2. The molecule has 1 saturated heterocycles. The number of amides is 1. The predicted octanol–water partition coefficient (Wildman–Crippen LogP) is 3.46. The summed E-state index contributed by atoms with van der Waals surface area (Å²) in [5.41, 5.74) is 1.75. The number of esters is 1. The largest absolute Gasteiger partial charge is 0.451 e. The second-order valence-electron chi connectivity index (χ2n) is 7.78. The molecule has 1 fully saturated rings. The number of rotatable bonds is 6. The van der Waals surface area contributed by atoms with Crippen LogP contribution in [0.1, 0.15) is 12.7 Å². The number of anilines is 2. The number of fused-ring (bicyclic) bond motifs is 1. The second kappa shape index (κ2) is 9.72. The number of morpholine rings is 1. The van der Waals surface area contributed by atoms with E-state index in [-0.39, 0.29) is 11.0 Å². The van der Waals surface area contributed by atoms with Gasteiger partial charge < -0.3 is 24.3 Å². The van der Waals surface area contributed by atoms with E-state index < -0.39 is 36.5 Å². The highest BCUT2D eigenvalue weighted by Gasteiger charge is 2.38. The van der Waals surface area contributed by atoms with E-state index in [1.54, 1.807) is 24.3 Å². The SMILES string of the molecule is CC(OC(=O)Cn1c(C(F)(F)F)nc2ccccc21)C(=O)Nc1ccc(N2CCOCC2)cc1. The molecular formula is C23H23F3N4O4. The molecular weight excluding hydrogens is 453 g/mol. The number of hydrogen-bond donors (Lipinski definition) is 1. The van der Waals surface area contributed by atoms with Crippen molar-refractivity contribution >= 4 is 34.3 Å². The van der Waals surface area contributed by atoms with Gasteiger partial charge in [0.05, 0.1) is 24.2 Å². The van der Waals surface area contributed by atoms with Crippen molar-refractivity contribution in [1.29, 1.82) is 0 Å². The lowest BCUT2D eigenvalue weighted by Crippen LogP contribution is -2.36. The van der Waals surface area contributed by atoms with Gasteiger partial charge in [0, 0.05) is 24.5 Å². The van der Waals surface area contributed by atoms with E-state index in [1.165, 1.54) is 19.1 Å². The van der Waals surface area contributed by atoms with Crippen LogP contribution in [0.5, 0.6) is 0 Å². The van der Waals surface area contributed by atoms with Crippen LogP contribution in [-0.4, -0.2) is 53.8 Å². The fourth-order valence-electron chi connectivity index (χ4n) is 3.69. The fraction of sp³-hybridized carbons (Fsp3) is 0.348. The molecule has 1 N–H and O–H groups in total. The summed E-state index contributed by atoms with van der Waals surface area (Å²) >= 11 is 0. The molecule has 1 unspecified atom stereocenters. The van der Waals surface area contributed by atoms with Crippen LogP contribution in [0, 0.1) is 0 Å². The molecule has 3 aromatic rings. The Kier molecular flexibility index (Phi) is 6.73. The molecule has 1 aromatic heterocycles. The van der Waals surface area contributed by atoms with E-state index in [1.807, 2.05) is 12.1 Å². The molecule has 0 radical (unpaired) electrons. The van der Waals surface area contributed by atoms with E-state index >= 15 is 0 Å². The van der Waals surface area contributed by atoms with Gasteiger partial charge in [0.15, 0.2) is 6.10 Å². The van der Waals surface area contributed by atoms with Crippen LogP contribution in [0.3, 0.4) is 0 Å². The molecule has 34 heavy (non-hydrogen) atoms. The first kappa shape index (κ1) is 23.6. The van der Waals surface area contributed by atoms with Crippen LogP contribution in [0.15, 0.2) is 48.5 Å². The van der Waals surface area contributed by atoms with Crippen LogP contribution < -0.4 is 10.2 Å². The second-order valence-corrected chi connectivity index (χ2v) is 7.78. The minimum Gasteiger partial charge on any atom is -0.451 e. The average Bonchev–Trinajstić information content (AvgIpc) is 3.19. The summed E-state index contributed by atoms with van der Waals surface area (Å²) in [5, 5.41) is 2.64. The van der Waals surface area contributed by atoms with Crippen molar-refractivity contribution in [3.63, 3.8) is 0 Å². The molecule has 0 aliphatic carbocycles. The van der Waals surface area contributed by atoms with Gasteiger partial charge in [-0.3, -0.25) is 9.59 Å². The molecule has 180 valence electrons. The summed E-state index contributed by atoms with van der Waals surface area (Å²) in [6.45, 7) is 3.48. The lowest BCUT2D eigenvalue weighted by atomic mass is 10.2. The van der Waals surface area contributed by atoms with Gasteiger partial charge in [-0.05, 0) is 43.3 Å². The number of para-hydroxylation sites is 2. The van der Waals surface area contributed by atoms with Gasteiger partial charge in [0.2, 0.25) is 5.82 Å². The van der Waals surface area contributed by atoms with Gasteiger partial charge in [-0.15, -0.1) is 0 Å². The number of imidazole rings is 1. The quantitative estimate of drug-likeness (QED) is 0.549. The third-order valence-corrected chi connectivity index (χ3v) is 5.38. The zero-order valence-corrected chi connectivity index (χ0v) is 18.3. The number of hydrogen-bond acceptors (Lipinski definition) is 6. The molecule has 0 bridgehead atoms. The molecule has 0 saturated carbocycles. The maximum atomic E-state index is 13.4. The molecule has 2 aromatic carbocycles. The summed E-state index contributed by atoms with van der Waals surface area (Å²) < 4.78 is 51.4. The number of carbonyl (C=O) groups excluding carboxylic acids is 2. The lowest BCUT2D eigenvalue weighted by Gasteiger charge is -2.28. The standard InChI is InChI=1S/C23H23F3N4O4/c1-15(21(32)27-16-6-8-17(9-7-16)29-10-12-33-13-11-29)34-20(31)14-30-19-5-3-2-4-18(19)28-22(30)23(24,25)26/h2-9,15H,10-14H2,1H3,(H,27,32). The van der Waals surface area contributed by atoms with Gasteiger partial charge in [-0.25, -0.2) is 4.98 Å². The summed E-state index contributed by atoms with van der Waals surface area (Å²) in [6.07, 6.45) is -5.97. The van der Waals surface area contributed by atoms with Gasteiger partial charge in [-0.1, -0.05) is 12.1 Å². The summed E-state index contributed by atoms with van der Waals surface area (Å²) in [5.74, 6) is -2.79. The van der Waals surface area contributed by atoms with Crippen molar-refractivity contribution in [2.45, 2.75) is 25.7 Å². The third kappa shape index (κ3) is 5.30. The monoisotopic (exact) mass is 476 g/mol. The smallest absolute Gasteiger partial charge is 0.449 e. The Bertz CT molecular complexity index is 1170. The average molecular weight is 476 g/mol. The van der Waals surface area contributed by atoms with Crippen molar-refractivity contribution in [2.24, 2.45) is 0 Å². The lowest BCUT2D eigenvalue weighted by molar-refractivity contribution is -0.156. The molecule has 1 atom stereocenters. The zero-order chi connectivity index (χ0) is 24.3. The minimum absolute atomic E-state index is 0.106. The number of alkyl halides is 3. The Labute approximate surface area is 193 Å². The maximum Gasteiger partial charge on any atom is 0.449 e. The number of carbonyl (C=O) groups is 2. The van der Waals surface area contributed by atoms with E-state index in [0.717, 1.165) is 23.3 Å². The highest BCUT2D eigenvalue weighted by molar-refractivity contribution is 5.95. The van der Waals surface area contributed by atoms with E-state index in [0.29, 0.717) is 18.9 Å². The van der Waals surface area contributed by atoms with Crippen LogP contribution >= 0.6 is 0 Å². The highest BCUT2D eigenvalue weighted by atomic mass is 19.4. The summed E-state index contributed by atoms with van der Waals surface area (Å²) in [6, 6.07) is 13.1. The normalized spacial score (nSPS) is 15.2. The fourth-order valence-corrected chi connectivity index (χ4v) is 3.69. The summed E-state index contributed by atoms with van der Waals surface area (Å²) in [7, 11) is 0. The molecule has 1 aliphatic heterocycles. The van der Waals surface area contributed by atoms with E-state index in [4.69, 9.17) is 9.47 Å². The van der Waals surface area contributed by atoms with Crippen molar-refractivity contribution in [2.75, 3.05) is 36.5 Å². The molecule has 1 amide bonds. The number of nitrogens with zero attached hydrogens (tertiary/aromatic N) is 3. The van der Waals surface area contributed by atoms with Crippen molar-refractivity contribution in [1.82, 2.24) is 9.55 Å². The van der Waals surface area contributed by atoms with Gasteiger partial charge in [0.25, 0.3) is 5.91 Å². The maximum absolute atomic E-state index is 13.4. The first-order chi connectivity index (χ1) is 16.2. The van der Waals surface area contributed by atoms with Crippen LogP contribution in [-0.2, 0) is 31.8 Å². The number of nitrogens with one attached hydrogen (secondary N) is 1. The van der Waals surface area contributed by atoms with Gasteiger partial charge in [0.1, 0.15) is 6.54 Å². The van der Waals surface area contributed by atoms with E-state index in [9.17, 15) is 22.8 Å². The van der Waals surface area contributed by atoms with Crippen LogP contribution in [0.4, 0.5) is 24.5 Å². The molecule has 11 heteroatoms. The number of benzene rings is 2. The van der Waals surface area contributed by atoms with Crippen LogP contribution in [0.25, 0.3) is 11.0 Å². The highest BCUT2D eigenvalue weighted by Crippen LogP contribution is 2.31. The summed E-state index contributed by atoms with van der Waals surface area (Å²) in [4.78, 5) is 30.6. The molecule has 0 spiro atoms.